The van der Waals surface area contributed by atoms with Crippen LogP contribution in [0.15, 0.2) is 127 Å². The third-order valence-corrected chi connectivity index (χ3v) is 18.5. The lowest BCUT2D eigenvalue weighted by molar-refractivity contribution is -0.121. The molecule has 14 nitrogen and oxygen atoms in total. The molecule has 10 atom stereocenters. The largest absolute Gasteiger partial charge is 0.494 e. The molecule has 8 aromatic rings. The van der Waals surface area contributed by atoms with Gasteiger partial charge in [0, 0.05) is 94.1 Å². The van der Waals surface area contributed by atoms with E-state index in [4.69, 9.17) is 18.8 Å². The Morgan fingerprint density at radius 2 is 0.988 bits per heavy atom. The molecule has 4 unspecified atom stereocenters. The average Bonchev–Trinajstić information content (AvgIpc) is 1.84. The van der Waals surface area contributed by atoms with Gasteiger partial charge in [0.15, 0.2) is 23.3 Å². The number of hydrogen-bond donors (Lipinski definition) is 2. The number of ether oxygens (including phenoxy) is 2. The third-order valence-electron chi connectivity index (χ3n) is 18.0. The van der Waals surface area contributed by atoms with E-state index in [9.17, 15) is 27.2 Å². The minimum absolute atomic E-state index is 0.0185. The molecule has 4 aliphatic carbocycles. The summed E-state index contributed by atoms with van der Waals surface area (Å²) in [6.45, 7) is 12.1. The van der Waals surface area contributed by atoms with Gasteiger partial charge in [-0.2, -0.15) is 0 Å². The van der Waals surface area contributed by atoms with Crippen molar-refractivity contribution in [3.8, 4) is 22.9 Å². The van der Waals surface area contributed by atoms with Gasteiger partial charge in [0.05, 0.1) is 60.1 Å². The minimum atomic E-state index is -0.880. The van der Waals surface area contributed by atoms with Gasteiger partial charge in [-0.25, -0.2) is 37.5 Å². The summed E-state index contributed by atoms with van der Waals surface area (Å²) < 4.78 is 81.7. The number of methoxy groups -OCH3 is 2. The molecule has 5 aliphatic rings. The number of carbonyl (C=O) groups excluding carboxylic acids is 2. The van der Waals surface area contributed by atoms with E-state index < -0.39 is 41.6 Å². The van der Waals surface area contributed by atoms with Gasteiger partial charge in [0.2, 0.25) is 23.6 Å². The van der Waals surface area contributed by atoms with Crippen molar-refractivity contribution < 1.29 is 45.9 Å². The van der Waals surface area contributed by atoms with Crippen LogP contribution in [0.25, 0.3) is 33.2 Å². The van der Waals surface area contributed by atoms with Crippen LogP contribution in [0.4, 0.5) is 28.9 Å². The lowest BCUT2D eigenvalue weighted by atomic mass is 9.79. The van der Waals surface area contributed by atoms with Crippen LogP contribution in [0.3, 0.4) is 0 Å². The summed E-state index contributed by atoms with van der Waals surface area (Å²) in [4.78, 5) is 42.7. The van der Waals surface area contributed by atoms with Crippen LogP contribution in [0.2, 0.25) is 0 Å². The number of amides is 2. The number of fused-ring (bicyclic) bond motifs is 4. The monoisotopic (exact) mass is 1180 g/mol. The van der Waals surface area contributed by atoms with E-state index >= 15 is 0 Å². The van der Waals surface area contributed by atoms with E-state index in [1.807, 2.05) is 117 Å². The van der Waals surface area contributed by atoms with E-state index in [0.29, 0.717) is 69.3 Å². The molecular formula is C62H64BBrF4N8O6. The molecule has 82 heavy (non-hydrogen) atoms. The van der Waals surface area contributed by atoms with Crippen molar-refractivity contribution in [3.63, 3.8) is 0 Å². The number of imidazole rings is 2. The molecule has 13 rings (SSSR count). The molecule has 426 valence electrons. The molecule has 4 saturated carbocycles. The SMILES string of the molecule is COc1ccc(-c2ccc(NC(=O)[C@@H](C)C3[C@H]4CC(n5cnc6cc(F)c(F)cc65)C[C@@H]34)cc2)cn1.COc1ccc(Br)cn1.C[C@H](C(=O)Nc1ccc(B2OC(C)(C)C(C)(C)O2)cc1)C1[C@H]2CC(n3cnc4cc(F)c(F)cc43)C[C@@H]12. The maximum Gasteiger partial charge on any atom is 0.494 e. The first kappa shape index (κ1) is 56.7. The Hall–Kier alpha value is -7.16. The first-order chi connectivity index (χ1) is 39.2. The number of carbonyl (C=O) groups is 2. The molecule has 2 amide bonds. The average molecular weight is 1180 g/mol. The zero-order valence-corrected chi connectivity index (χ0v) is 48.3. The number of nitrogens with one attached hydrogen (secondary N) is 2. The Morgan fingerprint density at radius 1 is 0.585 bits per heavy atom. The zero-order valence-electron chi connectivity index (χ0n) is 46.7. The summed E-state index contributed by atoms with van der Waals surface area (Å²) >= 11 is 3.26. The second-order valence-corrected chi connectivity index (χ2v) is 24.2. The summed E-state index contributed by atoms with van der Waals surface area (Å²) in [6, 6.07) is 28.0. The quantitative estimate of drug-likeness (QED) is 0.0891. The van der Waals surface area contributed by atoms with Crippen LogP contribution in [-0.4, -0.2) is 73.4 Å². The normalized spacial score (nSPS) is 24.0. The van der Waals surface area contributed by atoms with Crippen molar-refractivity contribution in [1.29, 1.82) is 0 Å². The molecule has 0 bridgehead atoms. The summed E-state index contributed by atoms with van der Waals surface area (Å²) in [7, 11) is 2.74. The van der Waals surface area contributed by atoms with E-state index in [0.717, 1.165) is 70.3 Å². The lowest BCUT2D eigenvalue weighted by Gasteiger charge is -2.32. The predicted molar refractivity (Wildman–Crippen MR) is 309 cm³/mol. The number of anilines is 2. The van der Waals surface area contributed by atoms with Crippen LogP contribution < -0.4 is 25.6 Å². The fraction of sp³-hybridized carbons (Fsp3) is 0.387. The van der Waals surface area contributed by atoms with Gasteiger partial charge in [-0.1, -0.05) is 38.1 Å². The van der Waals surface area contributed by atoms with Crippen LogP contribution in [0.5, 0.6) is 11.8 Å². The fourth-order valence-electron chi connectivity index (χ4n) is 12.8. The molecule has 4 aromatic heterocycles. The molecule has 4 aromatic carbocycles. The summed E-state index contributed by atoms with van der Waals surface area (Å²) in [5.41, 5.74) is 5.78. The number of nitrogens with zero attached hydrogens (tertiary/aromatic N) is 6. The Morgan fingerprint density at radius 3 is 1.39 bits per heavy atom. The van der Waals surface area contributed by atoms with Gasteiger partial charge in [0.25, 0.3) is 0 Å². The summed E-state index contributed by atoms with van der Waals surface area (Å²) in [5, 5.41) is 6.12. The van der Waals surface area contributed by atoms with Crippen molar-refractivity contribution in [3.05, 3.63) is 150 Å². The van der Waals surface area contributed by atoms with Gasteiger partial charge >= 0.3 is 7.12 Å². The van der Waals surface area contributed by atoms with Crippen molar-refractivity contribution in [1.82, 2.24) is 29.1 Å². The smallest absolute Gasteiger partial charge is 0.481 e. The topological polar surface area (TPSA) is 157 Å². The summed E-state index contributed by atoms with van der Waals surface area (Å²) in [6.07, 6.45) is 10.5. The Balaban J connectivity index is 0.000000149. The lowest BCUT2D eigenvalue weighted by Crippen LogP contribution is -2.41. The predicted octanol–water partition coefficient (Wildman–Crippen LogP) is 12.8. The maximum absolute atomic E-state index is 13.8. The molecule has 1 saturated heterocycles. The van der Waals surface area contributed by atoms with Gasteiger partial charge in [-0.05, 0) is 152 Å². The van der Waals surface area contributed by atoms with Crippen molar-refractivity contribution >= 4 is 73.8 Å². The highest BCUT2D eigenvalue weighted by molar-refractivity contribution is 9.10. The van der Waals surface area contributed by atoms with Crippen LogP contribution >= 0.6 is 15.9 Å². The highest BCUT2D eigenvalue weighted by Gasteiger charge is 2.60. The van der Waals surface area contributed by atoms with E-state index in [1.165, 1.54) is 12.1 Å². The number of pyridine rings is 2. The number of hydrogen-bond acceptors (Lipinski definition) is 10. The number of halogens is 5. The molecule has 0 spiro atoms. The van der Waals surface area contributed by atoms with Crippen molar-refractivity contribution in [2.24, 2.45) is 47.3 Å². The highest BCUT2D eigenvalue weighted by Crippen LogP contribution is 2.65. The molecule has 0 radical (unpaired) electrons. The molecule has 5 fully saturated rings. The Labute approximate surface area is 482 Å². The van der Waals surface area contributed by atoms with E-state index in [-0.39, 0.29) is 35.7 Å². The van der Waals surface area contributed by atoms with Gasteiger partial charge in [-0.15, -0.1) is 0 Å². The molecule has 2 N–H and O–H groups in total. The molecular weight excluding hydrogens is 1120 g/mol. The molecule has 5 heterocycles. The van der Waals surface area contributed by atoms with Gasteiger partial charge < -0.3 is 38.6 Å². The first-order valence-electron chi connectivity index (χ1n) is 27.7. The minimum Gasteiger partial charge on any atom is -0.481 e. The Bertz CT molecular complexity index is 3600. The number of aromatic nitrogens is 6. The third kappa shape index (κ3) is 11.4. The van der Waals surface area contributed by atoms with Crippen LogP contribution in [0.1, 0.15) is 79.3 Å². The van der Waals surface area contributed by atoms with Crippen molar-refractivity contribution in [2.75, 3.05) is 24.9 Å². The van der Waals surface area contributed by atoms with Crippen molar-refractivity contribution in [2.45, 2.75) is 90.5 Å². The highest BCUT2D eigenvalue weighted by atomic mass is 79.9. The standard InChI is InChI=1S/C28H32BF2N3O3.C28H26F2N4O2.C6H6BrNO/c1-15(26(35)33-17-8-6-16(7-9-17)29-36-27(2,3)28(4,5)37-29)25-19-10-18(11-20(19)25)34-14-32-23-12-21(30)22(31)13-24(23)34;1-15(28(35)33-18-6-3-16(4-7-18)17-5-8-26(36-2)31-13-17)27-20-9-19(10-21(20)27)34-14-32-24-11-22(29)23(30)12-25(24)34;1-9-6-3-2-5(7)4-8-6/h6-9,12-15,18-20,25H,10-11H2,1-5H3,(H,33,35);3-8,11-15,19-21,27H,9-10H2,1-2H3,(H,33,35);2-4H,1H3/t15-,18?,19-,20+,25?;15-,19?,20-,21+,27?;/m00./s1. The second-order valence-electron chi connectivity index (χ2n) is 23.3. The van der Waals surface area contributed by atoms with Gasteiger partial charge in [-0.3, -0.25) is 9.59 Å². The van der Waals surface area contributed by atoms with Gasteiger partial charge in [0.1, 0.15) is 0 Å². The number of rotatable bonds is 12. The van der Waals surface area contributed by atoms with E-state index in [2.05, 4.69) is 46.5 Å². The second kappa shape index (κ2) is 22.5. The zero-order chi connectivity index (χ0) is 57.9. The summed E-state index contributed by atoms with van der Waals surface area (Å²) in [5.74, 6) is 0.0821. The first-order valence-corrected chi connectivity index (χ1v) is 28.5. The molecule has 1 aliphatic heterocycles. The van der Waals surface area contributed by atoms with E-state index in [1.54, 1.807) is 45.3 Å². The van der Waals surface area contributed by atoms with Crippen LogP contribution in [0, 0.1) is 70.6 Å². The number of benzene rings is 4. The molecule has 20 heteroatoms. The fourth-order valence-corrected chi connectivity index (χ4v) is 13.0. The van der Waals surface area contributed by atoms with Crippen LogP contribution in [-0.2, 0) is 18.9 Å². The maximum atomic E-state index is 13.8. The Kier molecular flexibility index (Phi) is 15.6.